The lowest BCUT2D eigenvalue weighted by molar-refractivity contribution is -0.129. The Labute approximate surface area is 258 Å². The summed E-state index contributed by atoms with van der Waals surface area (Å²) in [6.07, 6.45) is 5.34. The van der Waals surface area contributed by atoms with E-state index in [4.69, 9.17) is 4.74 Å². The number of benzene rings is 1. The average molecular weight is 606 g/mol. The van der Waals surface area contributed by atoms with Crippen LogP contribution >= 0.6 is 0 Å². The van der Waals surface area contributed by atoms with Gasteiger partial charge in [-0.05, 0) is 37.8 Å². The number of hydrogen-bond donors (Lipinski definition) is 3. The van der Waals surface area contributed by atoms with Crippen LogP contribution < -0.4 is 20.7 Å². The van der Waals surface area contributed by atoms with Gasteiger partial charge in [-0.25, -0.2) is 19.6 Å². The number of nitrogens with one attached hydrogen (secondary N) is 3. The van der Waals surface area contributed by atoms with Crippen LogP contribution in [-0.4, -0.2) is 80.1 Å². The van der Waals surface area contributed by atoms with Crippen LogP contribution in [-0.2, 0) is 33.9 Å². The number of nitrogens with zero attached hydrogens (tertiary/aromatic N) is 6. The normalized spacial score (nSPS) is 19.7. The van der Waals surface area contributed by atoms with Crippen LogP contribution in [0, 0.1) is 12.8 Å². The average Bonchev–Trinajstić information content (AvgIpc) is 3.36. The van der Waals surface area contributed by atoms with Crippen molar-refractivity contribution in [3.63, 3.8) is 0 Å². The molecule has 2 atom stereocenters. The van der Waals surface area contributed by atoms with E-state index in [-0.39, 0.29) is 36.6 Å². The number of aryl methyl sites for hydroxylation is 1. The molecule has 3 heterocycles. The molecular weight excluding hydrogens is 562 g/mol. The number of methoxy groups -OCH3 is 1. The Hall–Kier alpha value is -4.39. The van der Waals surface area contributed by atoms with Crippen LogP contribution in [0.15, 0.2) is 42.7 Å². The summed E-state index contributed by atoms with van der Waals surface area (Å²) in [7, 11) is 1.52. The van der Waals surface area contributed by atoms with Crippen molar-refractivity contribution in [2.24, 2.45) is 5.92 Å². The number of rotatable bonds is 6. The smallest absolute Gasteiger partial charge is 0.316 e. The van der Waals surface area contributed by atoms with Gasteiger partial charge in [0.15, 0.2) is 5.82 Å². The molecule has 3 N–H and O–H groups in total. The molecule has 3 amide bonds. The number of ether oxygens (including phenoxy) is 1. The van der Waals surface area contributed by atoms with Gasteiger partial charge in [0.25, 0.3) is 0 Å². The van der Waals surface area contributed by atoms with Crippen LogP contribution in [0.3, 0.4) is 0 Å². The predicted molar refractivity (Wildman–Crippen MR) is 163 cm³/mol. The molecule has 0 bridgehead atoms. The van der Waals surface area contributed by atoms with Crippen molar-refractivity contribution in [3.05, 3.63) is 65.5 Å². The Bertz CT molecular complexity index is 1380. The van der Waals surface area contributed by atoms with Gasteiger partial charge in [-0.1, -0.05) is 44.2 Å². The molecule has 0 saturated heterocycles. The zero-order valence-electron chi connectivity index (χ0n) is 26.0. The first-order chi connectivity index (χ1) is 21.2. The Kier molecular flexibility index (Phi) is 11.8. The third-order valence-electron chi connectivity index (χ3n) is 7.40. The number of hydrogen-bond acceptors (Lipinski definition) is 9. The van der Waals surface area contributed by atoms with Crippen LogP contribution in [0.4, 0.5) is 0 Å². The van der Waals surface area contributed by atoms with Crippen molar-refractivity contribution in [1.82, 2.24) is 45.6 Å². The highest BCUT2D eigenvalue weighted by Gasteiger charge is 2.29. The van der Waals surface area contributed by atoms with E-state index in [1.54, 1.807) is 24.0 Å². The first-order valence-corrected chi connectivity index (χ1v) is 15.1. The third-order valence-corrected chi connectivity index (χ3v) is 7.40. The molecule has 1 aliphatic rings. The fourth-order valence-corrected chi connectivity index (χ4v) is 5.17. The van der Waals surface area contributed by atoms with Crippen molar-refractivity contribution in [1.29, 1.82) is 0 Å². The molecule has 0 radical (unpaired) electrons. The molecule has 236 valence electrons. The molecule has 0 saturated carbocycles. The van der Waals surface area contributed by atoms with E-state index in [1.165, 1.54) is 7.11 Å². The Morgan fingerprint density at radius 3 is 2.41 bits per heavy atom. The Balaban J connectivity index is 1.56. The lowest BCUT2D eigenvalue weighted by atomic mass is 10.0. The summed E-state index contributed by atoms with van der Waals surface area (Å²) >= 11 is 0. The molecule has 44 heavy (non-hydrogen) atoms. The van der Waals surface area contributed by atoms with E-state index in [0.717, 1.165) is 11.1 Å². The summed E-state index contributed by atoms with van der Waals surface area (Å²) in [6, 6.07) is 8.59. The molecule has 0 spiro atoms. The van der Waals surface area contributed by atoms with Crippen molar-refractivity contribution in [2.75, 3.05) is 26.7 Å². The molecule has 1 aliphatic heterocycles. The summed E-state index contributed by atoms with van der Waals surface area (Å²) in [4.78, 5) is 55.1. The van der Waals surface area contributed by atoms with Gasteiger partial charge >= 0.3 is 6.01 Å². The monoisotopic (exact) mass is 605 g/mol. The quantitative estimate of drug-likeness (QED) is 0.381. The summed E-state index contributed by atoms with van der Waals surface area (Å²) in [5, 5.41) is 13.5. The predicted octanol–water partition coefficient (Wildman–Crippen LogP) is 1.73. The van der Waals surface area contributed by atoms with E-state index >= 15 is 0 Å². The Morgan fingerprint density at radius 2 is 1.70 bits per heavy atom. The standard InChI is InChI=1S/C31H43N9O4/c1-21(2)28-29-35-22(3)38-40(29)20-27(42)32-13-9-15-39(19-24-17-33-31(44-4)34-18-24)14-8-12-26(41)36-25(30(43)37-28)16-23-10-6-5-7-11-23/h5-7,10-11,17-18,21,25,28H,8-9,12-16,19-20H2,1-4H3,(H,32,42)(H,36,41)(H,37,43)/t25-,28+/m1/s1. The number of carbonyl (C=O) groups excluding carboxylic acids is 3. The van der Waals surface area contributed by atoms with Gasteiger partial charge in [-0.2, -0.15) is 5.10 Å². The van der Waals surface area contributed by atoms with E-state index < -0.39 is 12.1 Å². The molecule has 2 aromatic heterocycles. The molecule has 4 rings (SSSR count). The summed E-state index contributed by atoms with van der Waals surface area (Å²) in [5.74, 6) is 0.258. The lowest BCUT2D eigenvalue weighted by Gasteiger charge is -2.26. The van der Waals surface area contributed by atoms with Gasteiger partial charge in [0.1, 0.15) is 18.4 Å². The highest BCUT2D eigenvalue weighted by Crippen LogP contribution is 2.21. The second kappa shape index (κ2) is 15.9. The second-order valence-electron chi connectivity index (χ2n) is 11.4. The lowest BCUT2D eigenvalue weighted by Crippen LogP contribution is -2.50. The minimum atomic E-state index is -0.793. The highest BCUT2D eigenvalue weighted by atomic mass is 16.5. The number of fused-ring (bicyclic) bond motifs is 1. The molecule has 13 heteroatoms. The van der Waals surface area contributed by atoms with E-state index in [9.17, 15) is 14.4 Å². The first-order valence-electron chi connectivity index (χ1n) is 15.1. The SMILES string of the molecule is COc1ncc(CN2CCCNC(=O)Cn3nc(C)nc3[C@H](C(C)C)NC(=O)[C@@H](Cc3ccccc3)NC(=O)CCC2)cn1. The summed E-state index contributed by atoms with van der Waals surface area (Å²) < 4.78 is 6.62. The van der Waals surface area contributed by atoms with Gasteiger partial charge in [0, 0.05) is 50.4 Å². The minimum Gasteiger partial charge on any atom is -0.467 e. The van der Waals surface area contributed by atoms with Crippen molar-refractivity contribution >= 4 is 17.7 Å². The number of amides is 3. The van der Waals surface area contributed by atoms with Crippen molar-refractivity contribution in [2.45, 2.75) is 71.6 Å². The van der Waals surface area contributed by atoms with Gasteiger partial charge in [-0.15, -0.1) is 0 Å². The van der Waals surface area contributed by atoms with Gasteiger partial charge < -0.3 is 20.7 Å². The van der Waals surface area contributed by atoms with E-state index in [0.29, 0.717) is 63.1 Å². The highest BCUT2D eigenvalue weighted by molar-refractivity contribution is 5.88. The third kappa shape index (κ3) is 9.56. The van der Waals surface area contributed by atoms with Crippen LogP contribution in [0.2, 0.25) is 0 Å². The maximum absolute atomic E-state index is 13.8. The van der Waals surface area contributed by atoms with Gasteiger partial charge in [-0.3, -0.25) is 19.3 Å². The molecule has 13 nitrogen and oxygen atoms in total. The molecule has 1 aromatic carbocycles. The molecule has 3 aromatic rings. The Morgan fingerprint density at radius 1 is 0.977 bits per heavy atom. The molecule has 0 unspecified atom stereocenters. The fraction of sp³-hybridized carbons (Fsp3) is 0.516. The minimum absolute atomic E-state index is 0.0215. The van der Waals surface area contributed by atoms with Gasteiger partial charge in [0.05, 0.1) is 13.2 Å². The van der Waals surface area contributed by atoms with Gasteiger partial charge in [0.2, 0.25) is 17.7 Å². The van der Waals surface area contributed by atoms with Crippen molar-refractivity contribution in [3.8, 4) is 6.01 Å². The largest absolute Gasteiger partial charge is 0.467 e. The molecule has 0 aliphatic carbocycles. The van der Waals surface area contributed by atoms with E-state index in [2.05, 4.69) is 40.9 Å². The van der Waals surface area contributed by atoms with Crippen molar-refractivity contribution < 1.29 is 19.1 Å². The number of carbonyl (C=O) groups is 3. The summed E-state index contributed by atoms with van der Waals surface area (Å²) in [6.45, 7) is 8.07. The van der Waals surface area contributed by atoms with Crippen LogP contribution in [0.25, 0.3) is 0 Å². The fourth-order valence-electron chi connectivity index (χ4n) is 5.17. The second-order valence-corrected chi connectivity index (χ2v) is 11.4. The maximum atomic E-state index is 13.8. The zero-order valence-corrected chi connectivity index (χ0v) is 26.0. The first kappa shape index (κ1) is 32.5. The summed E-state index contributed by atoms with van der Waals surface area (Å²) in [5.41, 5.74) is 1.84. The topological polar surface area (TPSA) is 156 Å². The number of aromatic nitrogens is 5. The van der Waals surface area contributed by atoms with Crippen LogP contribution in [0.1, 0.15) is 61.9 Å². The zero-order chi connectivity index (χ0) is 31.5. The molecule has 0 fully saturated rings. The maximum Gasteiger partial charge on any atom is 0.316 e. The van der Waals surface area contributed by atoms with Crippen LogP contribution in [0.5, 0.6) is 6.01 Å². The molecular formula is C31H43N9O4. The van der Waals surface area contributed by atoms with E-state index in [1.807, 2.05) is 44.2 Å².